The van der Waals surface area contributed by atoms with E-state index < -0.39 is 35.2 Å². The van der Waals surface area contributed by atoms with Gasteiger partial charge in [-0.15, -0.1) is 17.4 Å². The minimum Gasteiger partial charge on any atom is -0.444 e. The maximum absolute atomic E-state index is 12.6. The number of nitrogens with zero attached hydrogens (tertiary/aromatic N) is 5. The Morgan fingerprint density at radius 1 is 1.05 bits per heavy atom. The summed E-state index contributed by atoms with van der Waals surface area (Å²) in [6.45, 7) is 4.56. The number of carbonyl (C=O) groups excluding carboxylic acids is 1. The van der Waals surface area contributed by atoms with Gasteiger partial charge in [0.05, 0.1) is 17.3 Å². The Labute approximate surface area is 234 Å². The molecule has 218 valence electrons. The van der Waals surface area contributed by atoms with Crippen molar-refractivity contribution in [2.24, 2.45) is 0 Å². The van der Waals surface area contributed by atoms with Crippen LogP contribution < -0.4 is 4.18 Å². The second-order valence-electron chi connectivity index (χ2n) is 9.14. The Balaban J connectivity index is 1.29. The van der Waals surface area contributed by atoms with Crippen LogP contribution in [0.25, 0.3) is 0 Å². The maximum atomic E-state index is 12.6. The molecule has 0 radical (unpaired) electrons. The van der Waals surface area contributed by atoms with Crippen LogP contribution in [-0.4, -0.2) is 66.4 Å². The highest BCUT2D eigenvalue weighted by atomic mass is 32.3. The van der Waals surface area contributed by atoms with E-state index in [1.54, 1.807) is 12.1 Å². The average Bonchev–Trinajstić information content (AvgIpc) is 3.25. The van der Waals surface area contributed by atoms with E-state index in [0.29, 0.717) is 44.8 Å². The number of imidazole rings is 1. The molecular formula is C26H26F3N5O6S. The Bertz CT molecular complexity index is 1510. The van der Waals surface area contributed by atoms with E-state index in [-0.39, 0.29) is 5.56 Å². The zero-order chi connectivity index (χ0) is 29.6. The molecular weight excluding hydrogens is 567 g/mol. The first-order chi connectivity index (χ1) is 19.4. The number of hydrogen-bond donors (Lipinski definition) is 0. The van der Waals surface area contributed by atoms with Gasteiger partial charge in [-0.2, -0.15) is 13.7 Å². The second-order valence-corrected chi connectivity index (χ2v) is 10.3. The summed E-state index contributed by atoms with van der Waals surface area (Å²) >= 11 is 0. The number of aryl methyl sites for hydroxylation is 1. The number of amides is 1. The molecule has 0 aliphatic carbocycles. The normalized spacial score (nSPS) is 14.5. The van der Waals surface area contributed by atoms with Gasteiger partial charge in [0.25, 0.3) is 0 Å². The van der Waals surface area contributed by atoms with Gasteiger partial charge in [-0.3, -0.25) is 4.90 Å². The van der Waals surface area contributed by atoms with Gasteiger partial charge in [-0.1, -0.05) is 30.3 Å². The number of alkyl halides is 3. The SMILES string of the molecule is Cc1ncc(CN2CCN(C(=O)OCc3ccccc3OS(=O)(=O)OC(F)(F)F)CC2)n1Cc1ccc(C#N)cc1. The highest BCUT2D eigenvalue weighted by Gasteiger charge is 2.38. The van der Waals surface area contributed by atoms with Gasteiger partial charge in [0.1, 0.15) is 12.4 Å². The summed E-state index contributed by atoms with van der Waals surface area (Å²) < 4.78 is 74.9. The van der Waals surface area contributed by atoms with Crippen LogP contribution >= 0.6 is 0 Å². The highest BCUT2D eigenvalue weighted by Crippen LogP contribution is 2.25. The minimum absolute atomic E-state index is 0.0414. The lowest BCUT2D eigenvalue weighted by atomic mass is 10.1. The van der Waals surface area contributed by atoms with E-state index in [4.69, 9.17) is 10.00 Å². The number of aromatic nitrogens is 2. The number of rotatable bonds is 9. The number of benzene rings is 2. The molecule has 2 heterocycles. The molecule has 2 aromatic carbocycles. The van der Waals surface area contributed by atoms with E-state index in [2.05, 4.69) is 28.9 Å². The number of para-hydroxylation sites is 1. The summed E-state index contributed by atoms with van der Waals surface area (Å²) in [4.78, 5) is 20.7. The van der Waals surface area contributed by atoms with Gasteiger partial charge >= 0.3 is 22.9 Å². The van der Waals surface area contributed by atoms with E-state index in [1.807, 2.05) is 25.3 Å². The fraction of sp³-hybridized carbons (Fsp3) is 0.346. The van der Waals surface area contributed by atoms with E-state index in [0.717, 1.165) is 23.1 Å². The molecule has 1 fully saturated rings. The van der Waals surface area contributed by atoms with Crippen molar-refractivity contribution < 1.29 is 39.5 Å². The highest BCUT2D eigenvalue weighted by molar-refractivity contribution is 7.82. The maximum Gasteiger partial charge on any atom is 0.539 e. The van der Waals surface area contributed by atoms with Crippen LogP contribution in [0.3, 0.4) is 0 Å². The molecule has 4 rings (SSSR count). The summed E-state index contributed by atoms with van der Waals surface area (Å²) in [6, 6.07) is 14.8. The van der Waals surface area contributed by atoms with Crippen molar-refractivity contribution in [2.45, 2.75) is 33.0 Å². The molecule has 0 bridgehead atoms. The molecule has 1 aliphatic rings. The predicted octanol–water partition coefficient (Wildman–Crippen LogP) is 3.73. The standard InChI is InChI=1S/C26H26F3N5O6S/c1-19-31-15-23(34(19)16-21-8-6-20(14-30)7-9-21)17-32-10-12-33(13-11-32)25(35)38-18-22-4-2-3-5-24(22)39-41(36,37)40-26(27,28)29/h2-9,15H,10-13,16-18H2,1H3. The number of carbonyl (C=O) groups is 1. The molecule has 0 N–H and O–H groups in total. The van der Waals surface area contributed by atoms with Crippen LogP contribution in [0.2, 0.25) is 0 Å². The first kappa shape index (κ1) is 29.8. The molecule has 0 saturated carbocycles. The molecule has 0 atom stereocenters. The van der Waals surface area contributed by atoms with Crippen LogP contribution in [0.15, 0.2) is 54.7 Å². The number of nitriles is 1. The van der Waals surface area contributed by atoms with E-state index in [1.165, 1.54) is 23.1 Å². The third-order valence-electron chi connectivity index (χ3n) is 6.29. The van der Waals surface area contributed by atoms with Gasteiger partial charge in [-0.25, -0.2) is 9.78 Å². The Morgan fingerprint density at radius 3 is 2.39 bits per heavy atom. The fourth-order valence-electron chi connectivity index (χ4n) is 4.22. The van der Waals surface area contributed by atoms with Crippen LogP contribution in [0.1, 0.15) is 28.2 Å². The van der Waals surface area contributed by atoms with Gasteiger partial charge in [0.2, 0.25) is 0 Å². The number of hydrogen-bond acceptors (Lipinski definition) is 9. The Kier molecular flexibility index (Phi) is 9.16. The second kappa shape index (κ2) is 12.6. The molecule has 11 nitrogen and oxygen atoms in total. The monoisotopic (exact) mass is 593 g/mol. The first-order valence-electron chi connectivity index (χ1n) is 12.4. The zero-order valence-corrected chi connectivity index (χ0v) is 22.7. The largest absolute Gasteiger partial charge is 0.539 e. The molecule has 15 heteroatoms. The molecule has 1 aliphatic heterocycles. The fourth-order valence-corrected chi connectivity index (χ4v) is 4.87. The van der Waals surface area contributed by atoms with Crippen molar-refractivity contribution in [1.82, 2.24) is 19.4 Å². The minimum atomic E-state index is -5.45. The molecule has 1 amide bonds. The van der Waals surface area contributed by atoms with Crippen LogP contribution in [0.4, 0.5) is 18.0 Å². The Hall–Kier alpha value is -4.13. The first-order valence-corrected chi connectivity index (χ1v) is 13.7. The van der Waals surface area contributed by atoms with Crippen molar-refractivity contribution in [3.63, 3.8) is 0 Å². The van der Waals surface area contributed by atoms with Crippen molar-refractivity contribution in [3.8, 4) is 11.8 Å². The summed E-state index contributed by atoms with van der Waals surface area (Å²) in [5, 5.41) is 9.01. The molecule has 41 heavy (non-hydrogen) atoms. The number of ether oxygens (including phenoxy) is 1. The van der Waals surface area contributed by atoms with Crippen molar-refractivity contribution in [2.75, 3.05) is 26.2 Å². The molecule has 3 aromatic rings. The lowest BCUT2D eigenvalue weighted by Crippen LogP contribution is -2.48. The third kappa shape index (κ3) is 8.43. The zero-order valence-electron chi connectivity index (χ0n) is 21.9. The molecule has 1 aromatic heterocycles. The summed E-state index contributed by atoms with van der Waals surface area (Å²) in [7, 11) is -5.43. The smallest absolute Gasteiger partial charge is 0.444 e. The van der Waals surface area contributed by atoms with Crippen molar-refractivity contribution >= 4 is 16.5 Å². The van der Waals surface area contributed by atoms with Crippen LogP contribution in [-0.2, 0) is 39.0 Å². The Morgan fingerprint density at radius 2 is 1.73 bits per heavy atom. The number of piperazine rings is 1. The third-order valence-corrected chi connectivity index (χ3v) is 7.07. The van der Waals surface area contributed by atoms with Crippen molar-refractivity contribution in [1.29, 1.82) is 5.26 Å². The molecule has 0 unspecified atom stereocenters. The van der Waals surface area contributed by atoms with Crippen molar-refractivity contribution in [3.05, 3.63) is 82.9 Å². The van der Waals surface area contributed by atoms with Crippen LogP contribution in [0.5, 0.6) is 5.75 Å². The van der Waals surface area contributed by atoms with E-state index >= 15 is 0 Å². The van der Waals surface area contributed by atoms with Gasteiger partial charge in [0, 0.05) is 51.0 Å². The quantitative estimate of drug-likeness (QED) is 0.365. The van der Waals surface area contributed by atoms with Gasteiger partial charge in [-0.05, 0) is 30.7 Å². The molecule has 0 spiro atoms. The summed E-state index contributed by atoms with van der Waals surface area (Å²) in [5.74, 6) is 0.399. The summed E-state index contributed by atoms with van der Waals surface area (Å²) in [6.07, 6.45) is -4.29. The van der Waals surface area contributed by atoms with Gasteiger partial charge < -0.3 is 18.4 Å². The lowest BCUT2D eigenvalue weighted by molar-refractivity contribution is -0.274. The lowest BCUT2D eigenvalue weighted by Gasteiger charge is -2.34. The van der Waals surface area contributed by atoms with Crippen LogP contribution in [0, 0.1) is 18.3 Å². The number of halogens is 3. The molecule has 1 saturated heterocycles. The topological polar surface area (TPSA) is 127 Å². The average molecular weight is 594 g/mol. The summed E-state index contributed by atoms with van der Waals surface area (Å²) in [5.41, 5.74) is 2.67. The predicted molar refractivity (Wildman–Crippen MR) is 137 cm³/mol. The van der Waals surface area contributed by atoms with E-state index in [9.17, 15) is 26.4 Å². The van der Waals surface area contributed by atoms with Gasteiger partial charge in [0.15, 0.2) is 5.75 Å².